The number of rotatable bonds is 4. The second kappa shape index (κ2) is 6.15. The summed E-state index contributed by atoms with van der Waals surface area (Å²) in [6.45, 7) is 3.75. The summed E-state index contributed by atoms with van der Waals surface area (Å²) in [4.78, 5) is 12.0. The molecule has 2 aromatic rings. The molecule has 2 rings (SSSR count). The van der Waals surface area contributed by atoms with E-state index in [4.69, 9.17) is 0 Å². The van der Waals surface area contributed by atoms with E-state index in [9.17, 15) is 9.18 Å². The van der Waals surface area contributed by atoms with Gasteiger partial charge in [-0.25, -0.2) is 4.39 Å². The number of halogens is 1. The number of carbonyl (C=O) groups excluding carboxylic acids is 1. The summed E-state index contributed by atoms with van der Waals surface area (Å²) in [5.41, 5.74) is 3.03. The van der Waals surface area contributed by atoms with Crippen LogP contribution in [0.3, 0.4) is 0 Å². The predicted molar refractivity (Wildman–Crippen MR) is 79.3 cm³/mol. The van der Waals surface area contributed by atoms with E-state index in [0.717, 1.165) is 5.56 Å². The van der Waals surface area contributed by atoms with Gasteiger partial charge in [0.2, 0.25) is 0 Å². The van der Waals surface area contributed by atoms with Crippen LogP contribution in [0.25, 0.3) is 0 Å². The highest BCUT2D eigenvalue weighted by Crippen LogP contribution is 2.12. The van der Waals surface area contributed by atoms with E-state index in [-0.39, 0.29) is 11.6 Å². The van der Waals surface area contributed by atoms with Crippen molar-refractivity contribution in [2.45, 2.75) is 13.8 Å². The van der Waals surface area contributed by atoms with Crippen molar-refractivity contribution in [3.05, 3.63) is 77.2 Å². The molecule has 102 valence electrons. The Morgan fingerprint density at radius 3 is 2.50 bits per heavy atom. The van der Waals surface area contributed by atoms with Crippen LogP contribution in [0, 0.1) is 12.7 Å². The van der Waals surface area contributed by atoms with Gasteiger partial charge < -0.3 is 5.32 Å². The first-order valence-corrected chi connectivity index (χ1v) is 6.36. The Morgan fingerprint density at radius 1 is 1.15 bits per heavy atom. The molecule has 0 spiro atoms. The molecule has 3 heteroatoms. The molecule has 0 atom stereocenters. The third-order valence-electron chi connectivity index (χ3n) is 2.85. The molecule has 0 saturated heterocycles. The lowest BCUT2D eigenvalue weighted by Gasteiger charge is -2.06. The van der Waals surface area contributed by atoms with Crippen LogP contribution >= 0.6 is 0 Å². The normalized spacial score (nSPS) is 11.2. The fourth-order valence-electron chi connectivity index (χ4n) is 1.83. The molecule has 0 amide bonds. The summed E-state index contributed by atoms with van der Waals surface area (Å²) in [6, 6.07) is 13.5. The molecule has 20 heavy (non-hydrogen) atoms. The Balaban J connectivity index is 2.10. The zero-order chi connectivity index (χ0) is 14.5. The zero-order valence-electron chi connectivity index (χ0n) is 11.5. The Labute approximate surface area is 118 Å². The van der Waals surface area contributed by atoms with Crippen LogP contribution in [0.5, 0.6) is 0 Å². The zero-order valence-corrected chi connectivity index (χ0v) is 11.5. The molecule has 0 aliphatic rings. The molecule has 0 fully saturated rings. The number of hydrogen-bond donors (Lipinski definition) is 1. The van der Waals surface area contributed by atoms with Crippen molar-refractivity contribution in [2.75, 3.05) is 5.32 Å². The SMILES string of the molecule is C/C(=C\C(=O)c1ccc(C)cc1)Nc1cccc(F)c1. The van der Waals surface area contributed by atoms with Crippen molar-refractivity contribution in [3.63, 3.8) is 0 Å². The maximum absolute atomic E-state index is 13.1. The van der Waals surface area contributed by atoms with Crippen molar-refractivity contribution in [1.82, 2.24) is 0 Å². The van der Waals surface area contributed by atoms with E-state index >= 15 is 0 Å². The first-order chi connectivity index (χ1) is 9.54. The number of anilines is 1. The van der Waals surface area contributed by atoms with Crippen molar-refractivity contribution < 1.29 is 9.18 Å². The van der Waals surface area contributed by atoms with Gasteiger partial charge in [-0.15, -0.1) is 0 Å². The van der Waals surface area contributed by atoms with Crippen LogP contribution in [0.4, 0.5) is 10.1 Å². The molecule has 0 aromatic heterocycles. The van der Waals surface area contributed by atoms with Gasteiger partial charge in [0.05, 0.1) is 0 Å². The molecular weight excluding hydrogens is 253 g/mol. The third-order valence-corrected chi connectivity index (χ3v) is 2.85. The second-order valence-corrected chi connectivity index (χ2v) is 4.69. The second-order valence-electron chi connectivity index (χ2n) is 4.69. The topological polar surface area (TPSA) is 29.1 Å². The molecule has 2 nitrogen and oxygen atoms in total. The Bertz CT molecular complexity index is 644. The number of nitrogens with one attached hydrogen (secondary N) is 1. The number of allylic oxidation sites excluding steroid dienone is 2. The average Bonchev–Trinajstić information content (AvgIpc) is 2.39. The quantitative estimate of drug-likeness (QED) is 0.661. The predicted octanol–water partition coefficient (Wildman–Crippen LogP) is 4.33. The van der Waals surface area contributed by atoms with Gasteiger partial charge >= 0.3 is 0 Å². The number of benzene rings is 2. The van der Waals surface area contributed by atoms with Crippen molar-refractivity contribution in [1.29, 1.82) is 0 Å². The van der Waals surface area contributed by atoms with Crippen LogP contribution in [0.15, 0.2) is 60.3 Å². The monoisotopic (exact) mass is 269 g/mol. The van der Waals surface area contributed by atoms with Gasteiger partial charge in [0, 0.05) is 23.0 Å². The number of carbonyl (C=O) groups is 1. The van der Waals surface area contributed by atoms with Crippen molar-refractivity contribution in [2.24, 2.45) is 0 Å². The van der Waals surface area contributed by atoms with Gasteiger partial charge in [-0.05, 0) is 32.0 Å². The minimum atomic E-state index is -0.312. The van der Waals surface area contributed by atoms with E-state index in [1.807, 2.05) is 19.1 Å². The van der Waals surface area contributed by atoms with E-state index in [1.165, 1.54) is 18.2 Å². The summed E-state index contributed by atoms with van der Waals surface area (Å²) in [7, 11) is 0. The lowest BCUT2D eigenvalue weighted by molar-refractivity contribution is 0.104. The van der Waals surface area contributed by atoms with Crippen LogP contribution in [0.1, 0.15) is 22.8 Å². The third kappa shape index (κ3) is 3.79. The lowest BCUT2D eigenvalue weighted by atomic mass is 10.1. The maximum atomic E-state index is 13.1. The van der Waals surface area contributed by atoms with Crippen molar-refractivity contribution in [3.8, 4) is 0 Å². The molecule has 0 heterocycles. The smallest absolute Gasteiger partial charge is 0.187 e. The molecule has 0 aliphatic heterocycles. The molecular formula is C17H16FNO. The molecule has 0 unspecified atom stereocenters. The molecule has 0 radical (unpaired) electrons. The van der Waals surface area contributed by atoms with Crippen LogP contribution in [-0.2, 0) is 0 Å². The van der Waals surface area contributed by atoms with Gasteiger partial charge in [0.1, 0.15) is 5.82 Å². The maximum Gasteiger partial charge on any atom is 0.187 e. The average molecular weight is 269 g/mol. The van der Waals surface area contributed by atoms with Crippen LogP contribution < -0.4 is 5.32 Å². The highest BCUT2D eigenvalue weighted by Gasteiger charge is 2.03. The van der Waals surface area contributed by atoms with Crippen molar-refractivity contribution >= 4 is 11.5 Å². The summed E-state index contributed by atoms with van der Waals surface area (Å²) in [5, 5.41) is 3.00. The Hall–Kier alpha value is -2.42. The molecule has 0 saturated carbocycles. The highest BCUT2D eigenvalue weighted by atomic mass is 19.1. The van der Waals surface area contributed by atoms with Gasteiger partial charge in [-0.3, -0.25) is 4.79 Å². The Morgan fingerprint density at radius 2 is 1.85 bits per heavy atom. The molecule has 0 aliphatic carbocycles. The standard InChI is InChI=1S/C17H16FNO/c1-12-6-8-14(9-7-12)17(20)10-13(2)19-16-5-3-4-15(18)11-16/h3-11,19H,1-2H3/b13-10+. The Kier molecular flexibility index (Phi) is 4.31. The van der Waals surface area contributed by atoms with Gasteiger partial charge in [-0.1, -0.05) is 35.9 Å². The molecule has 2 aromatic carbocycles. The number of ketones is 1. The van der Waals surface area contributed by atoms with Gasteiger partial charge in [-0.2, -0.15) is 0 Å². The van der Waals surface area contributed by atoms with Gasteiger partial charge in [0.15, 0.2) is 5.78 Å². The minimum absolute atomic E-state index is 0.0774. The van der Waals surface area contributed by atoms with Crippen LogP contribution in [-0.4, -0.2) is 5.78 Å². The fourth-order valence-corrected chi connectivity index (χ4v) is 1.83. The summed E-state index contributed by atoms with van der Waals surface area (Å²) in [5.74, 6) is -0.390. The lowest BCUT2D eigenvalue weighted by Crippen LogP contribution is -2.01. The fraction of sp³-hybridized carbons (Fsp3) is 0.118. The minimum Gasteiger partial charge on any atom is -0.359 e. The largest absolute Gasteiger partial charge is 0.359 e. The van der Waals surface area contributed by atoms with Crippen LogP contribution in [0.2, 0.25) is 0 Å². The van der Waals surface area contributed by atoms with E-state index in [1.54, 1.807) is 31.2 Å². The highest BCUT2D eigenvalue weighted by molar-refractivity contribution is 6.05. The summed E-state index contributed by atoms with van der Waals surface area (Å²) in [6.07, 6.45) is 1.51. The summed E-state index contributed by atoms with van der Waals surface area (Å²) < 4.78 is 13.1. The van der Waals surface area contributed by atoms with Gasteiger partial charge in [0.25, 0.3) is 0 Å². The van der Waals surface area contributed by atoms with E-state index < -0.39 is 0 Å². The van der Waals surface area contributed by atoms with E-state index in [2.05, 4.69) is 5.32 Å². The molecule has 1 N–H and O–H groups in total. The van der Waals surface area contributed by atoms with E-state index in [0.29, 0.717) is 16.9 Å². The first-order valence-electron chi connectivity index (χ1n) is 6.36. The first kappa shape index (κ1) is 14.0. The number of aryl methyl sites for hydroxylation is 1. The number of hydrogen-bond acceptors (Lipinski definition) is 2. The molecule has 0 bridgehead atoms. The summed E-state index contributed by atoms with van der Waals surface area (Å²) >= 11 is 0.